The van der Waals surface area contributed by atoms with Crippen LogP contribution in [-0.4, -0.2) is 15.6 Å². The summed E-state index contributed by atoms with van der Waals surface area (Å²) in [4.78, 5) is 11.7. The Balaban J connectivity index is 3.44. The summed E-state index contributed by atoms with van der Waals surface area (Å²) >= 11 is 0. The van der Waals surface area contributed by atoms with Crippen molar-refractivity contribution in [2.24, 2.45) is 10.9 Å². The molecule has 0 atom stereocenters. The molecule has 0 saturated heterocycles. The number of hydrogen-bond donors (Lipinski definition) is 2. The van der Waals surface area contributed by atoms with E-state index in [0.717, 1.165) is 5.69 Å². The van der Waals surface area contributed by atoms with Gasteiger partial charge in [0.05, 0.1) is 5.56 Å². The second kappa shape index (κ2) is 3.95. The lowest BCUT2D eigenvalue weighted by molar-refractivity contribution is 0.318. The van der Waals surface area contributed by atoms with Crippen molar-refractivity contribution in [3.63, 3.8) is 0 Å². The second-order valence-corrected chi connectivity index (χ2v) is 2.92. The molecule has 14 heavy (non-hydrogen) atoms. The molecule has 1 heterocycles. The molecule has 5 nitrogen and oxygen atoms in total. The molecule has 0 unspecified atom stereocenters. The number of nitrogens with zero attached hydrogens (tertiary/aromatic N) is 2. The van der Waals surface area contributed by atoms with Crippen LogP contribution in [0.15, 0.2) is 22.1 Å². The molecule has 1 aromatic rings. The zero-order valence-electron chi connectivity index (χ0n) is 8.19. The molecule has 3 N–H and O–H groups in total. The van der Waals surface area contributed by atoms with Crippen LogP contribution >= 0.6 is 0 Å². The standard InChI is InChI=1S/C9H13N3O2/c1-3-12-6(2)4-5-7(9(12)13)8(10)11-14/h4-5,14H,3H2,1-2H3,(H2,10,11). The second-order valence-electron chi connectivity index (χ2n) is 2.92. The van der Waals surface area contributed by atoms with Crippen LogP contribution in [0.2, 0.25) is 0 Å². The molecule has 0 aliphatic heterocycles. The highest BCUT2D eigenvalue weighted by molar-refractivity contribution is 5.96. The van der Waals surface area contributed by atoms with E-state index in [4.69, 9.17) is 10.9 Å². The van der Waals surface area contributed by atoms with E-state index in [1.54, 1.807) is 16.7 Å². The van der Waals surface area contributed by atoms with Crippen LogP contribution < -0.4 is 11.3 Å². The molecule has 1 rings (SSSR count). The van der Waals surface area contributed by atoms with Gasteiger partial charge in [0.25, 0.3) is 5.56 Å². The molecule has 5 heteroatoms. The fraction of sp³-hybridized carbons (Fsp3) is 0.333. The van der Waals surface area contributed by atoms with Gasteiger partial charge in [-0.3, -0.25) is 4.79 Å². The highest BCUT2D eigenvalue weighted by Gasteiger charge is 2.08. The van der Waals surface area contributed by atoms with Gasteiger partial charge in [0.1, 0.15) is 0 Å². The van der Waals surface area contributed by atoms with Gasteiger partial charge >= 0.3 is 0 Å². The number of rotatable bonds is 2. The van der Waals surface area contributed by atoms with Gasteiger partial charge in [-0.2, -0.15) is 0 Å². The number of hydrogen-bond acceptors (Lipinski definition) is 3. The molecule has 0 aliphatic carbocycles. The van der Waals surface area contributed by atoms with Crippen molar-refractivity contribution in [2.45, 2.75) is 20.4 Å². The van der Waals surface area contributed by atoms with Crippen molar-refractivity contribution < 1.29 is 5.21 Å². The summed E-state index contributed by atoms with van der Waals surface area (Å²) in [5, 5.41) is 11.3. The zero-order chi connectivity index (χ0) is 10.7. The fourth-order valence-corrected chi connectivity index (χ4v) is 1.31. The normalized spacial score (nSPS) is 11.7. The van der Waals surface area contributed by atoms with Crippen LogP contribution in [-0.2, 0) is 6.54 Å². The third-order valence-corrected chi connectivity index (χ3v) is 2.09. The van der Waals surface area contributed by atoms with E-state index in [1.807, 2.05) is 13.8 Å². The average Bonchev–Trinajstić information content (AvgIpc) is 2.18. The smallest absolute Gasteiger partial charge is 0.261 e. The molecule has 1 aromatic heterocycles. The average molecular weight is 195 g/mol. The van der Waals surface area contributed by atoms with Gasteiger partial charge in [0.2, 0.25) is 0 Å². The van der Waals surface area contributed by atoms with E-state index >= 15 is 0 Å². The van der Waals surface area contributed by atoms with Crippen molar-refractivity contribution in [3.05, 3.63) is 33.7 Å². The summed E-state index contributed by atoms with van der Waals surface area (Å²) in [6.45, 7) is 4.27. The summed E-state index contributed by atoms with van der Waals surface area (Å²) in [5.41, 5.74) is 6.20. The van der Waals surface area contributed by atoms with Gasteiger partial charge in [-0.15, -0.1) is 0 Å². The van der Waals surface area contributed by atoms with Crippen molar-refractivity contribution in [1.82, 2.24) is 4.57 Å². The number of amidine groups is 1. The predicted molar refractivity (Wildman–Crippen MR) is 53.6 cm³/mol. The first kappa shape index (κ1) is 10.3. The van der Waals surface area contributed by atoms with E-state index in [0.29, 0.717) is 6.54 Å². The molecule has 0 aromatic carbocycles. The first-order chi connectivity index (χ1) is 6.61. The van der Waals surface area contributed by atoms with Crippen LogP contribution in [0.4, 0.5) is 0 Å². The maximum Gasteiger partial charge on any atom is 0.261 e. The van der Waals surface area contributed by atoms with Crippen LogP contribution in [0, 0.1) is 6.92 Å². The van der Waals surface area contributed by atoms with E-state index in [2.05, 4.69) is 5.16 Å². The molecule has 0 fully saturated rings. The monoisotopic (exact) mass is 195 g/mol. The molecule has 0 radical (unpaired) electrons. The Bertz CT molecular complexity index is 421. The Labute approximate surface area is 81.5 Å². The third-order valence-electron chi connectivity index (χ3n) is 2.09. The van der Waals surface area contributed by atoms with Crippen molar-refractivity contribution >= 4 is 5.84 Å². The molecule has 0 bridgehead atoms. The quantitative estimate of drug-likeness (QED) is 0.307. The molecule has 0 saturated carbocycles. The number of aromatic nitrogens is 1. The summed E-state index contributed by atoms with van der Waals surface area (Å²) < 4.78 is 1.56. The first-order valence-corrected chi connectivity index (χ1v) is 4.30. The lowest BCUT2D eigenvalue weighted by atomic mass is 10.2. The third kappa shape index (κ3) is 1.61. The molecule has 76 valence electrons. The predicted octanol–water partition coefficient (Wildman–Crippen LogP) is 0.271. The van der Waals surface area contributed by atoms with Crippen molar-refractivity contribution in [1.29, 1.82) is 0 Å². The SMILES string of the molecule is CCn1c(C)ccc(/C(N)=N/O)c1=O. The van der Waals surface area contributed by atoms with Crippen molar-refractivity contribution in [2.75, 3.05) is 0 Å². The van der Waals surface area contributed by atoms with Gasteiger partial charge in [0, 0.05) is 12.2 Å². The topological polar surface area (TPSA) is 80.6 Å². The summed E-state index contributed by atoms with van der Waals surface area (Å²) in [7, 11) is 0. The van der Waals surface area contributed by atoms with E-state index < -0.39 is 0 Å². The van der Waals surface area contributed by atoms with Gasteiger partial charge < -0.3 is 15.5 Å². The van der Waals surface area contributed by atoms with Crippen LogP contribution in [0.3, 0.4) is 0 Å². The largest absolute Gasteiger partial charge is 0.409 e. The summed E-state index contributed by atoms with van der Waals surface area (Å²) in [6.07, 6.45) is 0. The van der Waals surface area contributed by atoms with Crippen molar-refractivity contribution in [3.8, 4) is 0 Å². The first-order valence-electron chi connectivity index (χ1n) is 4.30. The molecule has 0 aliphatic rings. The zero-order valence-corrected chi connectivity index (χ0v) is 8.19. The fourth-order valence-electron chi connectivity index (χ4n) is 1.31. The Morgan fingerprint density at radius 2 is 2.29 bits per heavy atom. The molecule has 0 spiro atoms. The lowest BCUT2D eigenvalue weighted by Crippen LogP contribution is -2.30. The lowest BCUT2D eigenvalue weighted by Gasteiger charge is -2.08. The van der Waals surface area contributed by atoms with Gasteiger partial charge in [-0.05, 0) is 26.0 Å². The van der Waals surface area contributed by atoms with E-state index in [-0.39, 0.29) is 17.0 Å². The number of oxime groups is 1. The molecule has 0 amide bonds. The van der Waals surface area contributed by atoms with Gasteiger partial charge in [0.15, 0.2) is 5.84 Å². The Kier molecular flexibility index (Phi) is 2.91. The van der Waals surface area contributed by atoms with E-state index in [9.17, 15) is 4.79 Å². The van der Waals surface area contributed by atoms with Crippen LogP contribution in [0.5, 0.6) is 0 Å². The molecular formula is C9H13N3O2. The molecular weight excluding hydrogens is 182 g/mol. The summed E-state index contributed by atoms with van der Waals surface area (Å²) in [5.74, 6) is -0.155. The summed E-state index contributed by atoms with van der Waals surface area (Å²) in [6, 6.07) is 3.32. The Morgan fingerprint density at radius 1 is 1.64 bits per heavy atom. The minimum absolute atomic E-state index is 0.155. The van der Waals surface area contributed by atoms with E-state index in [1.165, 1.54) is 0 Å². The Hall–Kier alpha value is -1.78. The number of aryl methyl sites for hydroxylation is 1. The van der Waals surface area contributed by atoms with Crippen LogP contribution in [0.1, 0.15) is 18.2 Å². The minimum atomic E-state index is -0.234. The van der Waals surface area contributed by atoms with Crippen LogP contribution in [0.25, 0.3) is 0 Å². The minimum Gasteiger partial charge on any atom is -0.409 e. The maximum atomic E-state index is 11.7. The number of pyridine rings is 1. The van der Waals surface area contributed by atoms with Gasteiger partial charge in [-0.25, -0.2) is 0 Å². The maximum absolute atomic E-state index is 11.7. The number of nitrogens with two attached hydrogens (primary N) is 1. The highest BCUT2D eigenvalue weighted by Crippen LogP contribution is 1.98. The Morgan fingerprint density at radius 3 is 2.79 bits per heavy atom. The van der Waals surface area contributed by atoms with Gasteiger partial charge in [-0.1, -0.05) is 5.16 Å². The highest BCUT2D eigenvalue weighted by atomic mass is 16.4.